The van der Waals surface area contributed by atoms with Crippen molar-refractivity contribution in [1.82, 2.24) is 10.2 Å². The number of urea groups is 1. The lowest BCUT2D eigenvalue weighted by molar-refractivity contribution is -0.131. The number of β-amino-alcohol motifs (C(OH)–C–C–N with tert-alkyl or cyclic N) is 1. The first-order valence-electron chi connectivity index (χ1n) is 12.2. The molecule has 0 aliphatic carbocycles. The molecular formula is C27H40N4O5. The number of nitrogens with one attached hydrogen (secondary N) is 2. The van der Waals surface area contributed by atoms with Gasteiger partial charge in [0.2, 0.25) is 5.91 Å². The Labute approximate surface area is 213 Å². The van der Waals surface area contributed by atoms with Gasteiger partial charge in [-0.2, -0.15) is 0 Å². The summed E-state index contributed by atoms with van der Waals surface area (Å²) in [5.74, 6) is -0.0430. The fourth-order valence-electron chi connectivity index (χ4n) is 4.03. The zero-order valence-corrected chi connectivity index (χ0v) is 21.7. The molecule has 0 aliphatic heterocycles. The Hall–Kier alpha value is -3.14. The minimum absolute atomic E-state index is 0.0886. The van der Waals surface area contributed by atoms with E-state index < -0.39 is 12.1 Å². The Morgan fingerprint density at radius 1 is 1.14 bits per heavy atom. The quantitative estimate of drug-likeness (QED) is 0.253. The van der Waals surface area contributed by atoms with E-state index in [1.807, 2.05) is 36.9 Å². The zero-order valence-electron chi connectivity index (χ0n) is 21.7. The van der Waals surface area contributed by atoms with Gasteiger partial charge in [-0.25, -0.2) is 4.79 Å². The van der Waals surface area contributed by atoms with Crippen LogP contribution in [0.1, 0.15) is 50.0 Å². The molecule has 9 heteroatoms. The van der Waals surface area contributed by atoms with Crippen molar-refractivity contribution in [2.75, 3.05) is 38.7 Å². The van der Waals surface area contributed by atoms with Crippen molar-refractivity contribution in [1.29, 1.82) is 0 Å². The summed E-state index contributed by atoms with van der Waals surface area (Å²) in [5, 5.41) is 26.3. The number of nitrogens with two attached hydrogens (primary N) is 1. The van der Waals surface area contributed by atoms with Gasteiger partial charge in [-0.05, 0) is 55.5 Å². The molecule has 0 spiro atoms. The molecule has 0 aliphatic rings. The monoisotopic (exact) mass is 500 g/mol. The number of anilines is 1. The number of phenolic OH excluding ortho intramolecular Hbond substituents is 1. The summed E-state index contributed by atoms with van der Waals surface area (Å²) in [7, 11) is 1.63. The van der Waals surface area contributed by atoms with Crippen molar-refractivity contribution >= 4 is 17.6 Å². The van der Waals surface area contributed by atoms with E-state index in [0.717, 1.165) is 17.5 Å². The minimum atomic E-state index is -0.862. The molecule has 0 aromatic heterocycles. The van der Waals surface area contributed by atoms with Gasteiger partial charge in [0, 0.05) is 32.3 Å². The van der Waals surface area contributed by atoms with E-state index in [4.69, 9.17) is 10.5 Å². The Morgan fingerprint density at radius 3 is 2.53 bits per heavy atom. The molecule has 6 N–H and O–H groups in total. The summed E-state index contributed by atoms with van der Waals surface area (Å²) < 4.78 is 5.14. The number of primary amides is 1. The highest BCUT2D eigenvalue weighted by Crippen LogP contribution is 2.27. The SMILES string of the molecule is CCCN(CCOC)C(=O)Cc1cccc(CC(C)(C)NC[C@H](O)c2ccc(O)c(NC(N)=O)c2)c1. The number of aliphatic hydroxyl groups is 1. The number of hydrogen-bond acceptors (Lipinski definition) is 6. The normalized spacial score (nSPS) is 12.2. The molecule has 0 radical (unpaired) electrons. The highest BCUT2D eigenvalue weighted by Gasteiger charge is 2.21. The Bertz CT molecular complexity index is 1010. The van der Waals surface area contributed by atoms with E-state index in [-0.39, 0.29) is 29.4 Å². The van der Waals surface area contributed by atoms with E-state index in [9.17, 15) is 19.8 Å². The van der Waals surface area contributed by atoms with Crippen LogP contribution in [0.3, 0.4) is 0 Å². The van der Waals surface area contributed by atoms with E-state index in [1.54, 1.807) is 13.2 Å². The first-order chi connectivity index (χ1) is 17.0. The first kappa shape index (κ1) is 29.1. The van der Waals surface area contributed by atoms with Gasteiger partial charge in [0.25, 0.3) is 0 Å². The van der Waals surface area contributed by atoms with Crippen LogP contribution in [0.4, 0.5) is 10.5 Å². The number of nitrogens with zero attached hydrogens (tertiary/aromatic N) is 1. The number of rotatable bonds is 14. The molecule has 36 heavy (non-hydrogen) atoms. The van der Waals surface area contributed by atoms with Crippen molar-refractivity contribution < 1.29 is 24.5 Å². The number of amides is 3. The highest BCUT2D eigenvalue weighted by molar-refractivity contribution is 5.89. The van der Waals surface area contributed by atoms with E-state index in [0.29, 0.717) is 38.1 Å². The van der Waals surface area contributed by atoms with Crippen molar-refractivity contribution in [3.63, 3.8) is 0 Å². The van der Waals surface area contributed by atoms with Gasteiger partial charge in [0.15, 0.2) is 0 Å². The summed E-state index contributed by atoms with van der Waals surface area (Å²) in [6, 6.07) is 11.7. The van der Waals surface area contributed by atoms with Crippen LogP contribution >= 0.6 is 0 Å². The molecule has 0 saturated heterocycles. The van der Waals surface area contributed by atoms with Crippen LogP contribution in [0.2, 0.25) is 0 Å². The summed E-state index contributed by atoms with van der Waals surface area (Å²) in [6.45, 7) is 8.22. The van der Waals surface area contributed by atoms with Gasteiger partial charge in [-0.15, -0.1) is 0 Å². The smallest absolute Gasteiger partial charge is 0.316 e. The summed E-state index contributed by atoms with van der Waals surface area (Å²) >= 11 is 0. The molecule has 0 fully saturated rings. The molecular weight excluding hydrogens is 460 g/mol. The number of carbonyl (C=O) groups is 2. The predicted molar refractivity (Wildman–Crippen MR) is 141 cm³/mol. The third-order valence-corrected chi connectivity index (χ3v) is 5.84. The Morgan fingerprint density at radius 2 is 1.86 bits per heavy atom. The van der Waals surface area contributed by atoms with Crippen LogP contribution in [-0.4, -0.2) is 65.9 Å². The van der Waals surface area contributed by atoms with Crippen LogP contribution in [0.25, 0.3) is 0 Å². The van der Waals surface area contributed by atoms with Crippen LogP contribution < -0.4 is 16.4 Å². The van der Waals surface area contributed by atoms with Gasteiger partial charge in [0.1, 0.15) is 5.75 Å². The van der Waals surface area contributed by atoms with Crippen LogP contribution in [0.5, 0.6) is 5.75 Å². The third kappa shape index (κ3) is 9.49. The Balaban J connectivity index is 1.99. The standard InChI is InChI=1S/C27H40N4O5/c1-5-11-31(12-13-36-4)25(34)15-19-7-6-8-20(14-19)17-27(2,3)29-18-24(33)21-9-10-23(32)22(16-21)30-26(28)35/h6-10,14,16,24,29,32-33H,5,11-13,15,17-18H2,1-4H3,(H3,28,30,35)/t24-/m0/s1. The maximum atomic E-state index is 12.8. The fourth-order valence-corrected chi connectivity index (χ4v) is 4.03. The second-order valence-electron chi connectivity index (χ2n) is 9.59. The molecule has 3 amide bonds. The topological polar surface area (TPSA) is 137 Å². The highest BCUT2D eigenvalue weighted by atomic mass is 16.5. The maximum absolute atomic E-state index is 12.8. The number of aromatic hydroxyl groups is 1. The van der Waals surface area contributed by atoms with Gasteiger partial charge >= 0.3 is 6.03 Å². The van der Waals surface area contributed by atoms with Crippen LogP contribution in [-0.2, 0) is 22.4 Å². The second kappa shape index (κ2) is 13.8. The third-order valence-electron chi connectivity index (χ3n) is 5.84. The summed E-state index contributed by atoms with van der Waals surface area (Å²) in [4.78, 5) is 25.8. The van der Waals surface area contributed by atoms with Gasteiger partial charge in [-0.3, -0.25) is 4.79 Å². The molecule has 0 heterocycles. The number of phenols is 1. The maximum Gasteiger partial charge on any atom is 0.316 e. The Kier molecular flexibility index (Phi) is 11.2. The van der Waals surface area contributed by atoms with E-state index in [1.165, 1.54) is 12.1 Å². The van der Waals surface area contributed by atoms with Crippen LogP contribution in [0.15, 0.2) is 42.5 Å². The molecule has 198 valence electrons. The molecule has 2 aromatic rings. The van der Waals surface area contributed by atoms with Gasteiger partial charge < -0.3 is 36.2 Å². The number of methoxy groups -OCH3 is 1. The van der Waals surface area contributed by atoms with E-state index >= 15 is 0 Å². The number of aliphatic hydroxyl groups excluding tert-OH is 1. The molecule has 0 unspecified atom stereocenters. The van der Waals surface area contributed by atoms with Crippen LogP contribution in [0, 0.1) is 0 Å². The zero-order chi connectivity index (χ0) is 26.7. The largest absolute Gasteiger partial charge is 0.506 e. The van der Waals surface area contributed by atoms with Crippen molar-refractivity contribution in [3.05, 3.63) is 59.2 Å². The number of hydrogen-bond donors (Lipinski definition) is 5. The van der Waals surface area contributed by atoms with Crippen molar-refractivity contribution in [3.8, 4) is 5.75 Å². The average Bonchev–Trinajstić information content (AvgIpc) is 2.81. The lowest BCUT2D eigenvalue weighted by Crippen LogP contribution is -2.43. The summed E-state index contributed by atoms with van der Waals surface area (Å²) in [5.41, 5.74) is 7.51. The predicted octanol–water partition coefficient (Wildman–Crippen LogP) is 2.95. The molecule has 2 aromatic carbocycles. The first-order valence-corrected chi connectivity index (χ1v) is 12.2. The van der Waals surface area contributed by atoms with Gasteiger partial charge in [0.05, 0.1) is 24.8 Å². The summed E-state index contributed by atoms with van der Waals surface area (Å²) in [6.07, 6.45) is 1.06. The van der Waals surface area contributed by atoms with Crippen molar-refractivity contribution in [2.45, 2.75) is 51.7 Å². The molecule has 2 rings (SSSR count). The number of benzene rings is 2. The average molecular weight is 501 g/mol. The molecule has 0 bridgehead atoms. The fraction of sp³-hybridized carbons (Fsp3) is 0.481. The number of carbonyl (C=O) groups excluding carboxylic acids is 2. The van der Waals surface area contributed by atoms with Crippen molar-refractivity contribution in [2.24, 2.45) is 5.73 Å². The lowest BCUT2D eigenvalue weighted by atomic mass is 9.93. The second-order valence-corrected chi connectivity index (χ2v) is 9.59. The molecule has 9 nitrogen and oxygen atoms in total. The molecule has 1 atom stereocenters. The number of ether oxygens (including phenoxy) is 1. The lowest BCUT2D eigenvalue weighted by Gasteiger charge is -2.28. The van der Waals surface area contributed by atoms with E-state index in [2.05, 4.69) is 23.6 Å². The van der Waals surface area contributed by atoms with Gasteiger partial charge in [-0.1, -0.05) is 37.3 Å². The minimum Gasteiger partial charge on any atom is -0.506 e. The molecule has 0 saturated carbocycles.